The van der Waals surface area contributed by atoms with E-state index in [1.165, 1.54) is 19.2 Å². The van der Waals surface area contributed by atoms with Gasteiger partial charge in [0.1, 0.15) is 6.04 Å². The number of rotatable bonds is 5. The minimum atomic E-state index is -4.50. The van der Waals surface area contributed by atoms with Crippen LogP contribution >= 0.6 is 0 Å². The molecule has 1 rings (SSSR count). The van der Waals surface area contributed by atoms with Gasteiger partial charge in [-0.1, -0.05) is 26.3 Å². The van der Waals surface area contributed by atoms with E-state index >= 15 is 0 Å². The summed E-state index contributed by atoms with van der Waals surface area (Å²) < 4.78 is 42.5. The van der Waals surface area contributed by atoms with Gasteiger partial charge < -0.3 is 15.4 Å². The lowest BCUT2D eigenvalue weighted by Crippen LogP contribution is -2.47. The largest absolute Gasteiger partial charge is 0.467 e. The number of halogens is 3. The summed E-state index contributed by atoms with van der Waals surface area (Å²) in [6, 6.07) is 2.57. The highest BCUT2D eigenvalue weighted by atomic mass is 19.4. The lowest BCUT2D eigenvalue weighted by Gasteiger charge is -2.22. The van der Waals surface area contributed by atoms with E-state index in [-0.39, 0.29) is 11.6 Å². The van der Waals surface area contributed by atoms with Gasteiger partial charge in [-0.3, -0.25) is 0 Å². The van der Waals surface area contributed by atoms with Gasteiger partial charge >= 0.3 is 18.2 Å². The molecule has 0 aliphatic rings. The van der Waals surface area contributed by atoms with Gasteiger partial charge in [0.2, 0.25) is 0 Å². The van der Waals surface area contributed by atoms with Crippen LogP contribution in [0.25, 0.3) is 0 Å². The van der Waals surface area contributed by atoms with Crippen molar-refractivity contribution in [3.63, 3.8) is 0 Å². The van der Waals surface area contributed by atoms with Crippen LogP contribution in [0.4, 0.5) is 23.7 Å². The molecule has 0 saturated carbocycles. The molecule has 0 aromatic heterocycles. The fourth-order valence-corrected chi connectivity index (χ4v) is 1.88. The first-order valence-corrected chi connectivity index (χ1v) is 7.01. The maximum atomic E-state index is 12.6. The number of carbonyl (C=O) groups is 2. The Balaban J connectivity index is 2.81. The molecule has 1 aromatic carbocycles. The zero-order chi connectivity index (χ0) is 17.6. The SMILES string of the molecule is CCC(C)C(NC(=O)Nc1cccc(C(F)(F)F)c1)C(=O)OC. The number of urea groups is 1. The molecule has 2 N–H and O–H groups in total. The van der Waals surface area contributed by atoms with Crippen molar-refractivity contribution in [2.24, 2.45) is 5.92 Å². The molecule has 0 aliphatic carbocycles. The second-order valence-corrected chi connectivity index (χ2v) is 5.06. The molecule has 128 valence electrons. The summed E-state index contributed by atoms with van der Waals surface area (Å²) in [6.07, 6.45) is -3.89. The number of alkyl halides is 3. The number of benzene rings is 1. The number of esters is 1. The van der Waals surface area contributed by atoms with Gasteiger partial charge in [0.05, 0.1) is 12.7 Å². The zero-order valence-corrected chi connectivity index (χ0v) is 13.0. The van der Waals surface area contributed by atoms with E-state index < -0.39 is 29.8 Å². The Morgan fingerprint density at radius 2 is 1.96 bits per heavy atom. The Morgan fingerprint density at radius 1 is 1.30 bits per heavy atom. The topological polar surface area (TPSA) is 67.4 Å². The molecular formula is C15H19F3N2O3. The second-order valence-electron chi connectivity index (χ2n) is 5.06. The molecule has 0 saturated heterocycles. The summed E-state index contributed by atoms with van der Waals surface area (Å²) in [6.45, 7) is 3.60. The maximum Gasteiger partial charge on any atom is 0.416 e. The standard InChI is InChI=1S/C15H19F3N2O3/c1-4-9(2)12(13(21)23-3)20-14(22)19-11-7-5-6-10(8-11)15(16,17)18/h5-9,12H,4H2,1-3H3,(H2,19,20,22). The van der Waals surface area contributed by atoms with E-state index in [9.17, 15) is 22.8 Å². The van der Waals surface area contributed by atoms with Crippen LogP contribution in [0.2, 0.25) is 0 Å². The molecule has 0 radical (unpaired) electrons. The van der Waals surface area contributed by atoms with Crippen LogP contribution in [0.5, 0.6) is 0 Å². The third-order valence-corrected chi connectivity index (χ3v) is 3.40. The summed E-state index contributed by atoms with van der Waals surface area (Å²) in [4.78, 5) is 23.6. The molecule has 0 spiro atoms. The highest BCUT2D eigenvalue weighted by Gasteiger charge is 2.31. The van der Waals surface area contributed by atoms with E-state index in [4.69, 9.17) is 0 Å². The molecule has 5 nitrogen and oxygen atoms in total. The average molecular weight is 332 g/mol. The van der Waals surface area contributed by atoms with Crippen molar-refractivity contribution in [1.29, 1.82) is 0 Å². The Kier molecular flexibility index (Phi) is 6.41. The van der Waals surface area contributed by atoms with Gasteiger partial charge in [0.25, 0.3) is 0 Å². The monoisotopic (exact) mass is 332 g/mol. The molecule has 8 heteroatoms. The molecular weight excluding hydrogens is 313 g/mol. The fraction of sp³-hybridized carbons (Fsp3) is 0.467. The van der Waals surface area contributed by atoms with Crippen molar-refractivity contribution < 1.29 is 27.5 Å². The van der Waals surface area contributed by atoms with Crippen LogP contribution < -0.4 is 10.6 Å². The normalized spacial score (nSPS) is 13.8. The van der Waals surface area contributed by atoms with Gasteiger partial charge in [0.15, 0.2) is 0 Å². The number of methoxy groups -OCH3 is 1. The molecule has 0 bridgehead atoms. The highest BCUT2D eigenvalue weighted by molar-refractivity contribution is 5.92. The Hall–Kier alpha value is -2.25. The van der Waals surface area contributed by atoms with E-state index in [1.54, 1.807) is 6.92 Å². The van der Waals surface area contributed by atoms with E-state index in [1.807, 2.05) is 6.92 Å². The van der Waals surface area contributed by atoms with Crippen molar-refractivity contribution in [3.8, 4) is 0 Å². The quantitative estimate of drug-likeness (QED) is 0.812. The zero-order valence-electron chi connectivity index (χ0n) is 13.0. The number of amides is 2. The summed E-state index contributed by atoms with van der Waals surface area (Å²) in [5, 5.41) is 4.70. The van der Waals surface area contributed by atoms with Crippen LogP contribution in [0.15, 0.2) is 24.3 Å². The van der Waals surface area contributed by atoms with Crippen molar-refractivity contribution >= 4 is 17.7 Å². The lowest BCUT2D eigenvalue weighted by molar-refractivity contribution is -0.144. The lowest BCUT2D eigenvalue weighted by atomic mass is 9.99. The predicted molar refractivity (Wildman–Crippen MR) is 78.9 cm³/mol. The fourth-order valence-electron chi connectivity index (χ4n) is 1.88. The Bertz CT molecular complexity index is 561. The summed E-state index contributed by atoms with van der Waals surface area (Å²) in [7, 11) is 1.20. The predicted octanol–water partition coefficient (Wildman–Crippen LogP) is 3.41. The number of ether oxygens (including phenoxy) is 1. The minimum absolute atomic E-state index is 0.0231. The van der Waals surface area contributed by atoms with Crippen molar-refractivity contribution in [2.45, 2.75) is 32.5 Å². The smallest absolute Gasteiger partial charge is 0.416 e. The van der Waals surface area contributed by atoms with Crippen molar-refractivity contribution in [1.82, 2.24) is 5.32 Å². The number of anilines is 1. The highest BCUT2D eigenvalue weighted by Crippen LogP contribution is 2.30. The number of hydrogen-bond donors (Lipinski definition) is 2. The first-order valence-electron chi connectivity index (χ1n) is 7.01. The van der Waals surface area contributed by atoms with E-state index in [0.29, 0.717) is 6.42 Å². The van der Waals surface area contributed by atoms with Crippen LogP contribution in [0.1, 0.15) is 25.8 Å². The van der Waals surface area contributed by atoms with Crippen LogP contribution in [0, 0.1) is 5.92 Å². The molecule has 2 atom stereocenters. The third-order valence-electron chi connectivity index (χ3n) is 3.40. The van der Waals surface area contributed by atoms with E-state index in [0.717, 1.165) is 12.1 Å². The van der Waals surface area contributed by atoms with Crippen LogP contribution in [-0.2, 0) is 15.7 Å². The Labute approximate surface area is 132 Å². The first kappa shape index (κ1) is 18.8. The molecule has 0 fully saturated rings. The number of nitrogens with one attached hydrogen (secondary N) is 2. The summed E-state index contributed by atoms with van der Waals surface area (Å²) in [5.41, 5.74) is -0.896. The maximum absolute atomic E-state index is 12.6. The number of carbonyl (C=O) groups excluding carboxylic acids is 2. The van der Waals surface area contributed by atoms with Gasteiger partial charge in [-0.2, -0.15) is 13.2 Å². The van der Waals surface area contributed by atoms with Crippen molar-refractivity contribution in [2.75, 3.05) is 12.4 Å². The van der Waals surface area contributed by atoms with E-state index in [2.05, 4.69) is 15.4 Å². The average Bonchev–Trinajstić information content (AvgIpc) is 2.50. The second kappa shape index (κ2) is 7.85. The van der Waals surface area contributed by atoms with Gasteiger partial charge in [-0.25, -0.2) is 9.59 Å². The minimum Gasteiger partial charge on any atom is -0.467 e. The first-order chi connectivity index (χ1) is 10.7. The molecule has 0 aliphatic heterocycles. The molecule has 2 unspecified atom stereocenters. The van der Waals surface area contributed by atoms with Crippen molar-refractivity contribution in [3.05, 3.63) is 29.8 Å². The van der Waals surface area contributed by atoms with Gasteiger partial charge in [0, 0.05) is 5.69 Å². The van der Waals surface area contributed by atoms with Crippen LogP contribution in [0.3, 0.4) is 0 Å². The van der Waals surface area contributed by atoms with Gasteiger partial charge in [-0.15, -0.1) is 0 Å². The molecule has 23 heavy (non-hydrogen) atoms. The third kappa shape index (κ3) is 5.46. The summed E-state index contributed by atoms with van der Waals surface area (Å²) in [5.74, 6) is -0.798. The number of hydrogen-bond acceptors (Lipinski definition) is 3. The Morgan fingerprint density at radius 3 is 2.48 bits per heavy atom. The molecule has 2 amide bonds. The molecule has 0 heterocycles. The van der Waals surface area contributed by atoms with Crippen LogP contribution in [-0.4, -0.2) is 25.2 Å². The molecule has 1 aromatic rings. The summed E-state index contributed by atoms with van der Waals surface area (Å²) >= 11 is 0. The van der Waals surface area contributed by atoms with Gasteiger partial charge in [-0.05, 0) is 24.1 Å².